The van der Waals surface area contributed by atoms with Crippen LogP contribution in [0.4, 0.5) is 0 Å². The lowest BCUT2D eigenvalue weighted by Gasteiger charge is -2.38. The molecule has 1 aromatic carbocycles. The van der Waals surface area contributed by atoms with Gasteiger partial charge in [0.15, 0.2) is 9.84 Å². The van der Waals surface area contributed by atoms with Gasteiger partial charge in [0.2, 0.25) is 0 Å². The van der Waals surface area contributed by atoms with Crippen molar-refractivity contribution in [2.24, 2.45) is 0 Å². The zero-order valence-electron chi connectivity index (χ0n) is 10.4. The number of benzene rings is 1. The van der Waals surface area contributed by atoms with Crippen LogP contribution in [-0.2, 0) is 9.84 Å². The number of sulfone groups is 1. The summed E-state index contributed by atoms with van der Waals surface area (Å²) in [6.45, 7) is 0. The molecule has 1 aromatic rings. The van der Waals surface area contributed by atoms with Crippen LogP contribution in [0.1, 0.15) is 24.3 Å². The SMILES string of the molecule is O=S1(=O)C=CC(NC2CC(c3ccccc3Cl)C2)C1. The quantitative estimate of drug-likeness (QED) is 0.932. The highest BCUT2D eigenvalue weighted by Crippen LogP contribution is 2.40. The van der Waals surface area contributed by atoms with Crippen LogP contribution < -0.4 is 5.32 Å². The van der Waals surface area contributed by atoms with Gasteiger partial charge in [-0.25, -0.2) is 8.42 Å². The Hall–Kier alpha value is -0.840. The van der Waals surface area contributed by atoms with Gasteiger partial charge < -0.3 is 5.32 Å². The summed E-state index contributed by atoms with van der Waals surface area (Å²) >= 11 is 6.18. The molecule has 1 aliphatic heterocycles. The van der Waals surface area contributed by atoms with Crippen molar-refractivity contribution in [2.45, 2.75) is 30.8 Å². The maximum absolute atomic E-state index is 11.3. The van der Waals surface area contributed by atoms with Crippen molar-refractivity contribution in [3.8, 4) is 0 Å². The van der Waals surface area contributed by atoms with E-state index in [1.165, 1.54) is 11.0 Å². The highest BCUT2D eigenvalue weighted by atomic mass is 35.5. The Bertz CT molecular complexity index is 606. The van der Waals surface area contributed by atoms with Crippen LogP contribution in [0.5, 0.6) is 0 Å². The van der Waals surface area contributed by atoms with E-state index in [9.17, 15) is 8.42 Å². The molecule has 102 valence electrons. The Balaban J connectivity index is 1.54. The third-order valence-electron chi connectivity index (χ3n) is 3.86. The van der Waals surface area contributed by atoms with Crippen LogP contribution in [0.3, 0.4) is 0 Å². The van der Waals surface area contributed by atoms with Crippen LogP contribution in [0.15, 0.2) is 35.7 Å². The third-order valence-corrected chi connectivity index (χ3v) is 5.60. The molecule has 0 saturated heterocycles. The number of hydrogen-bond acceptors (Lipinski definition) is 3. The number of halogens is 1. The fraction of sp³-hybridized carbons (Fsp3) is 0.429. The number of rotatable bonds is 3. The van der Waals surface area contributed by atoms with E-state index >= 15 is 0 Å². The van der Waals surface area contributed by atoms with Gasteiger partial charge in [0.1, 0.15) is 0 Å². The average Bonchev–Trinajstić information content (AvgIpc) is 2.64. The lowest BCUT2D eigenvalue weighted by Crippen LogP contribution is -2.45. The molecule has 1 aliphatic carbocycles. The Kier molecular flexibility index (Phi) is 3.41. The van der Waals surface area contributed by atoms with Gasteiger partial charge in [0.05, 0.1) is 5.75 Å². The fourth-order valence-corrected chi connectivity index (χ4v) is 4.33. The first-order valence-corrected chi connectivity index (χ1v) is 8.54. The summed E-state index contributed by atoms with van der Waals surface area (Å²) in [5.41, 5.74) is 1.21. The molecule has 3 nitrogen and oxygen atoms in total. The molecule has 5 heteroatoms. The average molecular weight is 298 g/mol. The molecule has 0 spiro atoms. The lowest BCUT2D eigenvalue weighted by molar-refractivity contribution is 0.283. The van der Waals surface area contributed by atoms with E-state index in [2.05, 4.69) is 11.4 Å². The van der Waals surface area contributed by atoms with Gasteiger partial charge in [-0.3, -0.25) is 0 Å². The van der Waals surface area contributed by atoms with Gasteiger partial charge in [0, 0.05) is 22.5 Å². The summed E-state index contributed by atoms with van der Waals surface area (Å²) in [7, 11) is -2.96. The van der Waals surface area contributed by atoms with Crippen molar-refractivity contribution in [1.82, 2.24) is 5.32 Å². The third kappa shape index (κ3) is 2.86. The molecule has 19 heavy (non-hydrogen) atoms. The molecular formula is C14H16ClNO2S. The molecule has 1 saturated carbocycles. The second-order valence-electron chi connectivity index (χ2n) is 5.32. The van der Waals surface area contributed by atoms with Crippen LogP contribution in [0.25, 0.3) is 0 Å². The molecule has 1 atom stereocenters. The van der Waals surface area contributed by atoms with Crippen molar-refractivity contribution >= 4 is 21.4 Å². The van der Waals surface area contributed by atoms with Gasteiger partial charge in [-0.15, -0.1) is 0 Å². The largest absolute Gasteiger partial charge is 0.307 e. The number of nitrogens with one attached hydrogen (secondary N) is 1. The van der Waals surface area contributed by atoms with E-state index in [4.69, 9.17) is 11.6 Å². The van der Waals surface area contributed by atoms with Crippen LogP contribution >= 0.6 is 11.6 Å². The second kappa shape index (κ2) is 4.93. The molecule has 1 heterocycles. The Morgan fingerprint density at radius 1 is 1.21 bits per heavy atom. The maximum Gasteiger partial charge on any atom is 0.173 e. The van der Waals surface area contributed by atoms with Gasteiger partial charge in [-0.1, -0.05) is 35.9 Å². The summed E-state index contributed by atoms with van der Waals surface area (Å²) in [5.74, 6) is 0.688. The van der Waals surface area contributed by atoms with E-state index in [1.54, 1.807) is 6.08 Å². The van der Waals surface area contributed by atoms with E-state index in [-0.39, 0.29) is 11.8 Å². The highest BCUT2D eigenvalue weighted by molar-refractivity contribution is 7.94. The summed E-state index contributed by atoms with van der Waals surface area (Å²) in [6, 6.07) is 8.31. The monoisotopic (exact) mass is 297 g/mol. The topological polar surface area (TPSA) is 46.2 Å². The summed E-state index contributed by atoms with van der Waals surface area (Å²) in [5, 5.41) is 5.52. The molecule has 0 bridgehead atoms. The van der Waals surface area contributed by atoms with Gasteiger partial charge in [-0.05, 0) is 30.4 Å². The minimum atomic E-state index is -2.96. The minimum absolute atomic E-state index is 0.0257. The Morgan fingerprint density at radius 3 is 2.58 bits per heavy atom. The zero-order valence-corrected chi connectivity index (χ0v) is 12.0. The van der Waals surface area contributed by atoms with E-state index in [0.29, 0.717) is 12.0 Å². The first-order valence-electron chi connectivity index (χ1n) is 6.45. The fourth-order valence-electron chi connectivity index (χ4n) is 2.80. The molecular weight excluding hydrogens is 282 g/mol. The maximum atomic E-state index is 11.3. The van der Waals surface area contributed by atoms with E-state index < -0.39 is 9.84 Å². The first kappa shape index (κ1) is 13.2. The predicted octanol–water partition coefficient (Wildman–Crippen LogP) is 2.49. The van der Waals surface area contributed by atoms with Crippen molar-refractivity contribution in [3.05, 3.63) is 46.3 Å². The molecule has 1 N–H and O–H groups in total. The number of hydrogen-bond donors (Lipinski definition) is 1. The standard InChI is InChI=1S/C14H16ClNO2S/c15-14-4-2-1-3-13(14)10-7-12(8-10)16-11-5-6-19(17,18)9-11/h1-6,10-12,16H,7-9H2. The van der Waals surface area contributed by atoms with Gasteiger partial charge in [-0.2, -0.15) is 0 Å². The van der Waals surface area contributed by atoms with Crippen molar-refractivity contribution < 1.29 is 8.42 Å². The van der Waals surface area contributed by atoms with Gasteiger partial charge >= 0.3 is 0 Å². The first-order chi connectivity index (χ1) is 9.03. The molecule has 1 fully saturated rings. The summed E-state index contributed by atoms with van der Waals surface area (Å²) in [4.78, 5) is 0. The summed E-state index contributed by atoms with van der Waals surface area (Å²) < 4.78 is 22.6. The smallest absolute Gasteiger partial charge is 0.173 e. The zero-order chi connectivity index (χ0) is 13.5. The summed E-state index contributed by atoms with van der Waals surface area (Å²) in [6.07, 6.45) is 3.79. The minimum Gasteiger partial charge on any atom is -0.307 e. The Morgan fingerprint density at radius 2 is 1.95 bits per heavy atom. The van der Waals surface area contributed by atoms with Gasteiger partial charge in [0.25, 0.3) is 0 Å². The van der Waals surface area contributed by atoms with Crippen molar-refractivity contribution in [3.63, 3.8) is 0 Å². The Labute approximate surface area is 118 Å². The molecule has 0 radical (unpaired) electrons. The van der Waals surface area contributed by atoms with Crippen LogP contribution in [-0.4, -0.2) is 26.3 Å². The van der Waals surface area contributed by atoms with E-state index in [1.807, 2.05) is 18.2 Å². The molecule has 0 aromatic heterocycles. The normalized spacial score (nSPS) is 32.2. The molecule has 3 rings (SSSR count). The molecule has 1 unspecified atom stereocenters. The van der Waals surface area contributed by atoms with Crippen LogP contribution in [0, 0.1) is 0 Å². The van der Waals surface area contributed by atoms with Crippen molar-refractivity contribution in [2.75, 3.05) is 5.75 Å². The molecule has 2 aliphatic rings. The lowest BCUT2D eigenvalue weighted by atomic mass is 9.75. The highest BCUT2D eigenvalue weighted by Gasteiger charge is 2.34. The predicted molar refractivity (Wildman–Crippen MR) is 77.1 cm³/mol. The van der Waals surface area contributed by atoms with Crippen molar-refractivity contribution in [1.29, 1.82) is 0 Å². The van der Waals surface area contributed by atoms with E-state index in [0.717, 1.165) is 17.9 Å². The van der Waals surface area contributed by atoms with Crippen LogP contribution in [0.2, 0.25) is 5.02 Å². The molecule has 0 amide bonds. The second-order valence-corrected chi connectivity index (χ2v) is 7.66.